The van der Waals surface area contributed by atoms with Gasteiger partial charge in [-0.2, -0.15) is 0 Å². The van der Waals surface area contributed by atoms with E-state index in [-0.39, 0.29) is 10.7 Å². The predicted molar refractivity (Wildman–Crippen MR) is 74.9 cm³/mol. The molecule has 2 N–H and O–H groups in total. The first kappa shape index (κ1) is 13.4. The lowest BCUT2D eigenvalue weighted by atomic mass is 10.1. The van der Waals surface area contributed by atoms with Crippen LogP contribution in [0.3, 0.4) is 0 Å². The summed E-state index contributed by atoms with van der Waals surface area (Å²) >= 11 is 0.781. The zero-order valence-corrected chi connectivity index (χ0v) is 11.2. The van der Waals surface area contributed by atoms with E-state index in [9.17, 15) is 19.1 Å². The van der Waals surface area contributed by atoms with Crippen LogP contribution >= 0.6 is 11.8 Å². The second kappa shape index (κ2) is 5.10. The zero-order chi connectivity index (χ0) is 15.0. The molecule has 106 valence electrons. The number of thioether (sulfide) groups is 1. The molecule has 1 aliphatic rings. The molecule has 0 radical (unpaired) electrons. The molecule has 0 bridgehead atoms. The number of halogens is 1. The van der Waals surface area contributed by atoms with Crippen LogP contribution in [0.1, 0.15) is 5.76 Å². The number of phenols is 1. The molecule has 1 saturated heterocycles. The number of nitrogens with one attached hydrogen (secondary N) is 1. The number of amides is 2. The fourth-order valence-corrected chi connectivity index (χ4v) is 2.50. The topological polar surface area (TPSA) is 79.5 Å². The van der Waals surface area contributed by atoms with E-state index in [1.807, 2.05) is 0 Å². The molecule has 21 heavy (non-hydrogen) atoms. The Morgan fingerprint density at radius 2 is 2.05 bits per heavy atom. The number of benzene rings is 1. The monoisotopic (exact) mass is 305 g/mol. The van der Waals surface area contributed by atoms with Gasteiger partial charge < -0.3 is 9.52 Å². The van der Waals surface area contributed by atoms with Crippen molar-refractivity contribution in [3.8, 4) is 17.1 Å². The first-order valence-electron chi connectivity index (χ1n) is 5.86. The number of phenolic OH excluding ortho intramolecular Hbond substituents is 1. The van der Waals surface area contributed by atoms with Gasteiger partial charge in [0.15, 0.2) is 0 Å². The number of hydrogen-bond acceptors (Lipinski definition) is 5. The van der Waals surface area contributed by atoms with Gasteiger partial charge in [-0.15, -0.1) is 0 Å². The summed E-state index contributed by atoms with van der Waals surface area (Å²) in [5, 5.41) is 11.4. The molecule has 0 aliphatic carbocycles. The summed E-state index contributed by atoms with van der Waals surface area (Å²) in [6.45, 7) is 0. The first-order valence-corrected chi connectivity index (χ1v) is 6.68. The van der Waals surface area contributed by atoms with Crippen molar-refractivity contribution in [3.63, 3.8) is 0 Å². The Bertz CT molecular complexity index is 781. The Hall–Kier alpha value is -2.54. The fourth-order valence-electron chi connectivity index (χ4n) is 1.84. The number of hydrogen-bond donors (Lipinski definition) is 2. The van der Waals surface area contributed by atoms with Crippen LogP contribution in [0.4, 0.5) is 9.18 Å². The zero-order valence-electron chi connectivity index (χ0n) is 10.4. The van der Waals surface area contributed by atoms with Crippen LogP contribution in [0.2, 0.25) is 0 Å². The van der Waals surface area contributed by atoms with E-state index in [0.717, 1.165) is 17.8 Å². The van der Waals surface area contributed by atoms with Crippen molar-refractivity contribution in [1.29, 1.82) is 0 Å². The maximum absolute atomic E-state index is 12.9. The minimum Gasteiger partial charge on any atom is -0.507 e. The van der Waals surface area contributed by atoms with Crippen molar-refractivity contribution in [2.45, 2.75) is 0 Å². The molecule has 1 aromatic heterocycles. The molecule has 5 nitrogen and oxygen atoms in total. The molecule has 1 aliphatic heterocycles. The van der Waals surface area contributed by atoms with Gasteiger partial charge in [0, 0.05) is 12.1 Å². The molecular weight excluding hydrogens is 297 g/mol. The lowest BCUT2D eigenvalue weighted by Gasteiger charge is -2.00. The smallest absolute Gasteiger partial charge is 0.290 e. The minimum absolute atomic E-state index is 0.226. The van der Waals surface area contributed by atoms with Crippen molar-refractivity contribution in [3.05, 3.63) is 46.8 Å². The Morgan fingerprint density at radius 3 is 2.71 bits per heavy atom. The molecule has 0 unspecified atom stereocenters. The van der Waals surface area contributed by atoms with Crippen LogP contribution in [0.15, 0.2) is 39.7 Å². The van der Waals surface area contributed by atoms with Gasteiger partial charge in [-0.3, -0.25) is 14.9 Å². The average molecular weight is 305 g/mol. The lowest BCUT2D eigenvalue weighted by Crippen LogP contribution is -2.17. The number of carbonyl (C=O) groups is 2. The second-order valence-electron chi connectivity index (χ2n) is 4.22. The SMILES string of the molecule is O=C1NC(=O)/C(=C\c2ccc(-c3ccc(F)cc3O)o2)S1. The third kappa shape index (κ3) is 2.68. The highest BCUT2D eigenvalue weighted by Gasteiger charge is 2.25. The van der Waals surface area contributed by atoms with Gasteiger partial charge in [-0.25, -0.2) is 4.39 Å². The van der Waals surface area contributed by atoms with Gasteiger partial charge in [0.05, 0.1) is 10.5 Å². The summed E-state index contributed by atoms with van der Waals surface area (Å²) in [6, 6.07) is 6.74. The molecule has 0 atom stereocenters. The van der Waals surface area contributed by atoms with Gasteiger partial charge >= 0.3 is 0 Å². The lowest BCUT2D eigenvalue weighted by molar-refractivity contribution is -0.115. The summed E-state index contributed by atoms with van der Waals surface area (Å²) in [5.41, 5.74) is 0.334. The van der Waals surface area contributed by atoms with Crippen LogP contribution in [0.25, 0.3) is 17.4 Å². The predicted octanol–water partition coefficient (Wildman–Crippen LogP) is 3.12. The quantitative estimate of drug-likeness (QED) is 0.833. The van der Waals surface area contributed by atoms with Gasteiger partial charge in [-0.1, -0.05) is 0 Å². The molecule has 2 aromatic rings. The largest absolute Gasteiger partial charge is 0.507 e. The summed E-state index contributed by atoms with van der Waals surface area (Å²) < 4.78 is 18.4. The molecule has 0 saturated carbocycles. The number of furan rings is 1. The van der Waals surface area contributed by atoms with Crippen molar-refractivity contribution in [2.75, 3.05) is 0 Å². The Kier molecular flexibility index (Phi) is 3.26. The molecular formula is C14H8FNO4S. The van der Waals surface area contributed by atoms with Crippen LogP contribution in [-0.2, 0) is 4.79 Å². The van der Waals surface area contributed by atoms with E-state index >= 15 is 0 Å². The average Bonchev–Trinajstić information content (AvgIpc) is 2.97. The van der Waals surface area contributed by atoms with E-state index in [4.69, 9.17) is 4.42 Å². The number of carbonyl (C=O) groups excluding carboxylic acids is 2. The van der Waals surface area contributed by atoms with Crippen LogP contribution in [0.5, 0.6) is 5.75 Å². The Labute approximate surface area is 122 Å². The third-order valence-electron chi connectivity index (χ3n) is 2.77. The van der Waals surface area contributed by atoms with Crippen molar-refractivity contribution in [2.24, 2.45) is 0 Å². The van der Waals surface area contributed by atoms with Gasteiger partial charge in [-0.05, 0) is 36.0 Å². The third-order valence-corrected chi connectivity index (χ3v) is 3.58. The van der Waals surface area contributed by atoms with E-state index in [1.54, 1.807) is 12.1 Å². The molecule has 1 aromatic carbocycles. The van der Waals surface area contributed by atoms with Crippen molar-refractivity contribution < 1.29 is 23.5 Å². The summed E-state index contributed by atoms with van der Waals surface area (Å²) in [5.74, 6) is -0.600. The molecule has 2 heterocycles. The Balaban J connectivity index is 1.92. The molecule has 0 spiro atoms. The molecule has 7 heteroatoms. The number of imide groups is 1. The van der Waals surface area contributed by atoms with E-state index in [1.165, 1.54) is 18.2 Å². The van der Waals surface area contributed by atoms with Crippen LogP contribution in [-0.4, -0.2) is 16.3 Å². The fraction of sp³-hybridized carbons (Fsp3) is 0. The summed E-state index contributed by atoms with van der Waals surface area (Å²) in [6.07, 6.45) is 1.43. The molecule has 1 fully saturated rings. The molecule has 3 rings (SSSR count). The van der Waals surface area contributed by atoms with Crippen LogP contribution in [0, 0.1) is 5.82 Å². The Morgan fingerprint density at radius 1 is 1.24 bits per heavy atom. The van der Waals surface area contributed by atoms with E-state index in [0.29, 0.717) is 17.1 Å². The normalized spacial score (nSPS) is 16.5. The molecule has 2 amide bonds. The highest BCUT2D eigenvalue weighted by Crippen LogP contribution is 2.32. The second-order valence-corrected chi connectivity index (χ2v) is 5.23. The number of aromatic hydroxyl groups is 1. The summed E-state index contributed by atoms with van der Waals surface area (Å²) in [7, 11) is 0. The van der Waals surface area contributed by atoms with Crippen LogP contribution < -0.4 is 5.32 Å². The van der Waals surface area contributed by atoms with Gasteiger partial charge in [0.2, 0.25) is 0 Å². The number of rotatable bonds is 2. The van der Waals surface area contributed by atoms with E-state index < -0.39 is 17.0 Å². The maximum atomic E-state index is 12.9. The highest BCUT2D eigenvalue weighted by atomic mass is 32.2. The summed E-state index contributed by atoms with van der Waals surface area (Å²) in [4.78, 5) is 22.7. The standard InChI is InChI=1S/C14H8FNO4S/c15-7-1-3-9(10(17)5-7)11-4-2-8(20-11)6-12-13(18)16-14(19)21-12/h1-6,17H,(H,16,18,19)/b12-6+. The van der Waals surface area contributed by atoms with Crippen molar-refractivity contribution in [1.82, 2.24) is 5.32 Å². The van der Waals surface area contributed by atoms with Gasteiger partial charge in [0.25, 0.3) is 11.1 Å². The van der Waals surface area contributed by atoms with Gasteiger partial charge in [0.1, 0.15) is 23.1 Å². The maximum Gasteiger partial charge on any atom is 0.290 e. The highest BCUT2D eigenvalue weighted by molar-refractivity contribution is 8.18. The first-order chi connectivity index (χ1) is 10.0. The minimum atomic E-state index is -0.553. The van der Waals surface area contributed by atoms with E-state index in [2.05, 4.69) is 5.32 Å². The van der Waals surface area contributed by atoms with Crippen molar-refractivity contribution >= 4 is 29.0 Å².